The number of methoxy groups -OCH3 is 1. The molecule has 1 N–H and O–H groups in total. The first-order valence-corrected chi connectivity index (χ1v) is 9.44. The minimum absolute atomic E-state index is 0.144. The maximum atomic E-state index is 11.0. The molecule has 0 aliphatic carbocycles. The first-order valence-electron chi connectivity index (χ1n) is 7.85. The van der Waals surface area contributed by atoms with Gasteiger partial charge < -0.3 is 19.0 Å². The molecule has 3 rings (SSSR count). The predicted molar refractivity (Wildman–Crippen MR) is 104 cm³/mol. The molecule has 0 spiro atoms. The van der Waals surface area contributed by atoms with E-state index in [0.29, 0.717) is 12.2 Å². The molecule has 0 bridgehead atoms. The average Bonchev–Trinajstić information content (AvgIpc) is 2.98. The molecular formula is C19H18Br2O4. The van der Waals surface area contributed by atoms with Crippen molar-refractivity contribution in [2.75, 3.05) is 13.9 Å². The number of benzene rings is 2. The van der Waals surface area contributed by atoms with E-state index in [1.807, 2.05) is 43.3 Å². The van der Waals surface area contributed by atoms with Crippen LogP contribution in [0.2, 0.25) is 0 Å². The second kappa shape index (κ2) is 7.91. The summed E-state index contributed by atoms with van der Waals surface area (Å²) >= 11 is 7.00. The Hall–Kier alpha value is -1.34. The molecule has 0 aliphatic rings. The van der Waals surface area contributed by atoms with E-state index in [2.05, 4.69) is 31.9 Å². The van der Waals surface area contributed by atoms with Crippen LogP contribution in [0.1, 0.15) is 29.9 Å². The van der Waals surface area contributed by atoms with Crippen molar-refractivity contribution >= 4 is 42.8 Å². The Bertz CT molecular complexity index is 865. The van der Waals surface area contributed by atoms with Gasteiger partial charge >= 0.3 is 0 Å². The van der Waals surface area contributed by atoms with Crippen LogP contribution in [0.5, 0.6) is 5.75 Å². The number of rotatable bonds is 6. The zero-order valence-electron chi connectivity index (χ0n) is 13.9. The fourth-order valence-corrected chi connectivity index (χ4v) is 4.29. The summed E-state index contributed by atoms with van der Waals surface area (Å²) in [5, 5.41) is 12.0. The molecule has 0 saturated carbocycles. The summed E-state index contributed by atoms with van der Waals surface area (Å²) in [6.45, 7) is 2.16. The first-order chi connectivity index (χ1) is 12.1. The highest BCUT2D eigenvalue weighted by Crippen LogP contribution is 2.40. The molecule has 0 aliphatic heterocycles. The quantitative estimate of drug-likeness (QED) is 0.478. The van der Waals surface area contributed by atoms with E-state index >= 15 is 0 Å². The lowest BCUT2D eigenvalue weighted by molar-refractivity contribution is 0.0500. The third-order valence-electron chi connectivity index (χ3n) is 3.96. The lowest BCUT2D eigenvalue weighted by Gasteiger charge is -2.16. The molecule has 2 aromatic carbocycles. The van der Waals surface area contributed by atoms with Crippen LogP contribution >= 0.6 is 31.9 Å². The van der Waals surface area contributed by atoms with E-state index in [9.17, 15) is 5.11 Å². The molecule has 1 heterocycles. The normalized spacial score (nSPS) is 12.5. The topological polar surface area (TPSA) is 51.8 Å². The molecule has 1 aromatic heterocycles. The molecule has 1 atom stereocenters. The third-order valence-corrected chi connectivity index (χ3v) is 5.14. The molecule has 6 heteroatoms. The summed E-state index contributed by atoms with van der Waals surface area (Å²) in [4.78, 5) is 0. The van der Waals surface area contributed by atoms with Crippen LogP contribution in [0, 0.1) is 0 Å². The van der Waals surface area contributed by atoms with Crippen LogP contribution in [-0.4, -0.2) is 19.0 Å². The highest BCUT2D eigenvalue weighted by atomic mass is 79.9. The number of para-hydroxylation sites is 1. The van der Waals surface area contributed by atoms with Gasteiger partial charge in [-0.15, -0.1) is 0 Å². The fourth-order valence-electron chi connectivity index (χ4n) is 2.84. The molecule has 1 unspecified atom stereocenters. The van der Waals surface area contributed by atoms with Gasteiger partial charge in [0.2, 0.25) is 0 Å². The number of aryl methyl sites for hydroxylation is 1. The van der Waals surface area contributed by atoms with Crippen LogP contribution in [-0.2, 0) is 11.2 Å². The second-order valence-electron chi connectivity index (χ2n) is 5.56. The van der Waals surface area contributed by atoms with Gasteiger partial charge in [-0.25, -0.2) is 0 Å². The van der Waals surface area contributed by atoms with Gasteiger partial charge in [0.25, 0.3) is 0 Å². The Labute approximate surface area is 163 Å². The molecule has 0 saturated heterocycles. The van der Waals surface area contributed by atoms with Crippen LogP contribution in [0.15, 0.2) is 49.8 Å². The summed E-state index contributed by atoms with van der Waals surface area (Å²) in [7, 11) is 1.57. The van der Waals surface area contributed by atoms with Gasteiger partial charge in [0.15, 0.2) is 12.5 Å². The standard InChI is InChI=1S/C19H18Br2O4/c1-3-15-17(12-6-4-5-7-16(12)25-15)18(22)11-8-13(20)19(14(21)9-11)24-10-23-2/h4-9,18,22H,3,10H2,1-2H3. The largest absolute Gasteiger partial charge is 0.465 e. The van der Waals surface area contributed by atoms with E-state index in [-0.39, 0.29) is 6.79 Å². The van der Waals surface area contributed by atoms with Gasteiger partial charge in [-0.3, -0.25) is 0 Å². The monoisotopic (exact) mass is 468 g/mol. The second-order valence-corrected chi connectivity index (χ2v) is 7.26. The number of aliphatic hydroxyl groups is 1. The number of halogens is 2. The molecule has 4 nitrogen and oxygen atoms in total. The zero-order valence-corrected chi connectivity index (χ0v) is 17.1. The summed E-state index contributed by atoms with van der Waals surface area (Å²) in [5.74, 6) is 1.42. The molecule has 132 valence electrons. The number of furan rings is 1. The smallest absolute Gasteiger partial charge is 0.188 e. The average molecular weight is 470 g/mol. The minimum Gasteiger partial charge on any atom is -0.465 e. The van der Waals surface area contributed by atoms with Gasteiger partial charge in [-0.2, -0.15) is 0 Å². The van der Waals surface area contributed by atoms with E-state index in [1.54, 1.807) is 7.11 Å². The van der Waals surface area contributed by atoms with Gasteiger partial charge in [-0.1, -0.05) is 25.1 Å². The number of hydrogen-bond acceptors (Lipinski definition) is 4. The lowest BCUT2D eigenvalue weighted by Crippen LogP contribution is -2.04. The molecule has 3 aromatic rings. The zero-order chi connectivity index (χ0) is 18.0. The Morgan fingerprint density at radius 2 is 1.84 bits per heavy atom. The molecule has 0 radical (unpaired) electrons. The fraction of sp³-hybridized carbons (Fsp3) is 0.263. The van der Waals surface area contributed by atoms with E-state index in [1.165, 1.54) is 0 Å². The van der Waals surface area contributed by atoms with Gasteiger partial charge in [0, 0.05) is 24.5 Å². The SMILES string of the molecule is CCc1oc2ccccc2c1C(O)c1cc(Br)c(OCOC)c(Br)c1. The van der Waals surface area contributed by atoms with E-state index in [0.717, 1.165) is 36.8 Å². The predicted octanol–water partition coefficient (Wildman–Crippen LogP) is 5.58. The number of ether oxygens (including phenoxy) is 2. The van der Waals surface area contributed by atoms with E-state index in [4.69, 9.17) is 13.9 Å². The highest BCUT2D eigenvalue weighted by molar-refractivity contribution is 9.11. The van der Waals surface area contributed by atoms with E-state index < -0.39 is 6.10 Å². The molecule has 25 heavy (non-hydrogen) atoms. The van der Waals surface area contributed by atoms with Gasteiger partial charge in [0.05, 0.1) is 8.95 Å². The third kappa shape index (κ3) is 3.62. The summed E-state index contributed by atoms with van der Waals surface area (Å²) < 4.78 is 17.9. The molecule has 0 amide bonds. The number of fused-ring (bicyclic) bond motifs is 1. The lowest BCUT2D eigenvalue weighted by atomic mass is 9.97. The van der Waals surface area contributed by atoms with Crippen LogP contribution < -0.4 is 4.74 Å². The Balaban J connectivity index is 2.06. The highest BCUT2D eigenvalue weighted by Gasteiger charge is 2.23. The molecule has 0 fully saturated rings. The summed E-state index contributed by atoms with van der Waals surface area (Å²) in [5.41, 5.74) is 2.33. The van der Waals surface area contributed by atoms with Gasteiger partial charge in [-0.05, 0) is 55.6 Å². The maximum absolute atomic E-state index is 11.0. The summed E-state index contributed by atoms with van der Waals surface area (Å²) in [6.07, 6.45) is -0.0963. The van der Waals surface area contributed by atoms with Crippen molar-refractivity contribution in [3.05, 3.63) is 62.2 Å². The van der Waals surface area contributed by atoms with Crippen molar-refractivity contribution in [1.29, 1.82) is 0 Å². The summed E-state index contributed by atoms with van der Waals surface area (Å²) in [6, 6.07) is 11.5. The van der Waals surface area contributed by atoms with Crippen molar-refractivity contribution < 1.29 is 19.0 Å². The van der Waals surface area contributed by atoms with Crippen molar-refractivity contribution in [2.45, 2.75) is 19.4 Å². The Kier molecular flexibility index (Phi) is 5.84. The van der Waals surface area contributed by atoms with Crippen molar-refractivity contribution in [3.8, 4) is 5.75 Å². The Morgan fingerprint density at radius 3 is 2.48 bits per heavy atom. The van der Waals surface area contributed by atoms with Crippen LogP contribution in [0.3, 0.4) is 0 Å². The van der Waals surface area contributed by atoms with Crippen LogP contribution in [0.25, 0.3) is 11.0 Å². The Morgan fingerprint density at radius 1 is 1.16 bits per heavy atom. The van der Waals surface area contributed by atoms with Gasteiger partial charge in [0.1, 0.15) is 17.4 Å². The van der Waals surface area contributed by atoms with Crippen molar-refractivity contribution in [1.82, 2.24) is 0 Å². The van der Waals surface area contributed by atoms with Crippen LogP contribution in [0.4, 0.5) is 0 Å². The maximum Gasteiger partial charge on any atom is 0.188 e. The number of hydrogen-bond donors (Lipinski definition) is 1. The minimum atomic E-state index is -0.803. The first kappa shape index (κ1) is 18.5. The number of aliphatic hydroxyl groups excluding tert-OH is 1. The molecular weight excluding hydrogens is 452 g/mol. The van der Waals surface area contributed by atoms with Crippen molar-refractivity contribution in [3.63, 3.8) is 0 Å². The van der Waals surface area contributed by atoms with Crippen molar-refractivity contribution in [2.24, 2.45) is 0 Å².